The van der Waals surface area contributed by atoms with Gasteiger partial charge < -0.3 is 10.2 Å². The third kappa shape index (κ3) is 3.97. The molecule has 0 bridgehead atoms. The summed E-state index contributed by atoms with van der Waals surface area (Å²) in [6.07, 6.45) is 4.00. The van der Waals surface area contributed by atoms with E-state index in [-0.39, 0.29) is 11.8 Å². The lowest BCUT2D eigenvalue weighted by molar-refractivity contribution is -0.125. The number of aryl methyl sites for hydroxylation is 1. The van der Waals surface area contributed by atoms with Crippen molar-refractivity contribution in [3.05, 3.63) is 23.4 Å². The molecule has 1 aliphatic heterocycles. The number of amides is 1. The molecule has 1 N–H and O–H groups in total. The second kappa shape index (κ2) is 7.79. The van der Waals surface area contributed by atoms with Crippen LogP contribution in [0.1, 0.15) is 43.9 Å². The van der Waals surface area contributed by atoms with E-state index in [0.717, 1.165) is 50.2 Å². The van der Waals surface area contributed by atoms with Crippen molar-refractivity contribution in [1.29, 1.82) is 5.26 Å². The largest absolute Gasteiger partial charge is 0.356 e. The first kappa shape index (κ1) is 16.3. The minimum atomic E-state index is 0.0132. The molecular formula is C17H24N4O. The predicted octanol–water partition coefficient (Wildman–Crippen LogP) is 2.39. The van der Waals surface area contributed by atoms with Gasteiger partial charge in [0, 0.05) is 19.6 Å². The Hall–Kier alpha value is -2.09. The quantitative estimate of drug-likeness (QED) is 0.848. The van der Waals surface area contributed by atoms with E-state index in [4.69, 9.17) is 5.26 Å². The maximum absolute atomic E-state index is 12.2. The summed E-state index contributed by atoms with van der Waals surface area (Å²) < 4.78 is 0. The standard InChI is InChI=1S/C17H24N4O/c1-3-4-9-19-17(22)14-6-5-10-21(12-14)16-8-7-13(2)15(11-18)20-16/h7-8,14H,3-6,9-10,12H2,1-2H3,(H,19,22). The van der Waals surface area contributed by atoms with Gasteiger partial charge in [0.1, 0.15) is 17.6 Å². The molecule has 0 saturated carbocycles. The maximum Gasteiger partial charge on any atom is 0.224 e. The number of unbranched alkanes of at least 4 members (excludes halogenated alkanes) is 1. The molecule has 1 unspecified atom stereocenters. The van der Waals surface area contributed by atoms with Gasteiger partial charge >= 0.3 is 0 Å². The molecule has 0 radical (unpaired) electrons. The van der Waals surface area contributed by atoms with E-state index in [1.165, 1.54) is 0 Å². The molecule has 22 heavy (non-hydrogen) atoms. The molecule has 1 amide bonds. The van der Waals surface area contributed by atoms with E-state index < -0.39 is 0 Å². The van der Waals surface area contributed by atoms with Crippen LogP contribution in [0.25, 0.3) is 0 Å². The lowest BCUT2D eigenvalue weighted by Gasteiger charge is -2.33. The Balaban J connectivity index is 2.01. The topological polar surface area (TPSA) is 69.0 Å². The summed E-state index contributed by atoms with van der Waals surface area (Å²) in [6.45, 7) is 6.33. The van der Waals surface area contributed by atoms with Crippen molar-refractivity contribution in [2.75, 3.05) is 24.5 Å². The van der Waals surface area contributed by atoms with E-state index in [1.54, 1.807) is 0 Å². The van der Waals surface area contributed by atoms with Gasteiger partial charge in [-0.1, -0.05) is 19.4 Å². The van der Waals surface area contributed by atoms with Crippen LogP contribution >= 0.6 is 0 Å². The Kier molecular flexibility index (Phi) is 5.76. The third-order valence-electron chi connectivity index (χ3n) is 4.13. The normalized spacial score (nSPS) is 17.9. The molecule has 1 fully saturated rings. The lowest BCUT2D eigenvalue weighted by Crippen LogP contribution is -2.43. The van der Waals surface area contributed by atoms with Crippen LogP contribution in [0.2, 0.25) is 0 Å². The molecule has 1 aromatic heterocycles. The number of nitrogens with zero attached hydrogens (tertiary/aromatic N) is 3. The number of nitriles is 1. The van der Waals surface area contributed by atoms with Gasteiger partial charge in [-0.05, 0) is 37.8 Å². The van der Waals surface area contributed by atoms with Crippen molar-refractivity contribution in [2.45, 2.75) is 39.5 Å². The fourth-order valence-electron chi connectivity index (χ4n) is 2.74. The van der Waals surface area contributed by atoms with Crippen LogP contribution in [-0.4, -0.2) is 30.5 Å². The van der Waals surface area contributed by atoms with Gasteiger partial charge in [-0.3, -0.25) is 4.79 Å². The number of carbonyl (C=O) groups excluding carboxylic acids is 1. The number of anilines is 1. The van der Waals surface area contributed by atoms with Crippen molar-refractivity contribution in [2.24, 2.45) is 5.92 Å². The molecule has 0 aliphatic carbocycles. The molecule has 2 heterocycles. The molecule has 1 saturated heterocycles. The number of aromatic nitrogens is 1. The summed E-state index contributed by atoms with van der Waals surface area (Å²) in [5.41, 5.74) is 1.35. The molecule has 0 spiro atoms. The van der Waals surface area contributed by atoms with Crippen molar-refractivity contribution in [3.8, 4) is 6.07 Å². The van der Waals surface area contributed by atoms with E-state index in [1.807, 2.05) is 19.1 Å². The number of nitrogens with one attached hydrogen (secondary N) is 1. The summed E-state index contributed by atoms with van der Waals surface area (Å²) in [5.74, 6) is 0.957. The van der Waals surface area contributed by atoms with Gasteiger partial charge in [0.2, 0.25) is 5.91 Å². The number of rotatable bonds is 5. The fourth-order valence-corrected chi connectivity index (χ4v) is 2.74. The molecule has 2 rings (SSSR count). The number of hydrogen-bond acceptors (Lipinski definition) is 4. The van der Waals surface area contributed by atoms with E-state index >= 15 is 0 Å². The number of piperidine rings is 1. The Morgan fingerprint density at radius 2 is 2.36 bits per heavy atom. The summed E-state index contributed by atoms with van der Waals surface area (Å²) in [6, 6.07) is 5.99. The Morgan fingerprint density at radius 1 is 1.55 bits per heavy atom. The van der Waals surface area contributed by atoms with Crippen molar-refractivity contribution < 1.29 is 4.79 Å². The van der Waals surface area contributed by atoms with Crippen LogP contribution in [0.5, 0.6) is 0 Å². The predicted molar refractivity (Wildman–Crippen MR) is 86.5 cm³/mol. The summed E-state index contributed by atoms with van der Waals surface area (Å²) >= 11 is 0. The van der Waals surface area contributed by atoms with Crippen LogP contribution in [0, 0.1) is 24.2 Å². The highest BCUT2D eigenvalue weighted by atomic mass is 16.1. The molecule has 1 atom stereocenters. The zero-order chi connectivity index (χ0) is 15.9. The second-order valence-electron chi connectivity index (χ2n) is 5.88. The van der Waals surface area contributed by atoms with Crippen LogP contribution in [0.3, 0.4) is 0 Å². The highest BCUT2D eigenvalue weighted by Crippen LogP contribution is 2.22. The average molecular weight is 300 g/mol. The Bertz CT molecular complexity index is 564. The van der Waals surface area contributed by atoms with E-state index in [9.17, 15) is 4.79 Å². The van der Waals surface area contributed by atoms with Gasteiger partial charge in [-0.15, -0.1) is 0 Å². The SMILES string of the molecule is CCCCNC(=O)C1CCCN(c2ccc(C)c(C#N)n2)C1. The van der Waals surface area contributed by atoms with Crippen molar-refractivity contribution >= 4 is 11.7 Å². The molecule has 118 valence electrons. The number of pyridine rings is 1. The summed E-state index contributed by atoms with van der Waals surface area (Å²) in [5, 5.41) is 12.1. The fraction of sp³-hybridized carbons (Fsp3) is 0.588. The first-order valence-corrected chi connectivity index (χ1v) is 8.06. The van der Waals surface area contributed by atoms with Gasteiger partial charge in [-0.25, -0.2) is 4.98 Å². The summed E-state index contributed by atoms with van der Waals surface area (Å²) in [4.78, 5) is 18.8. The smallest absolute Gasteiger partial charge is 0.224 e. The molecule has 1 aromatic rings. The molecular weight excluding hydrogens is 276 g/mol. The Labute approximate surface area is 132 Å². The van der Waals surface area contributed by atoms with Crippen LogP contribution in [0.15, 0.2) is 12.1 Å². The van der Waals surface area contributed by atoms with Crippen LogP contribution in [0.4, 0.5) is 5.82 Å². The highest BCUT2D eigenvalue weighted by Gasteiger charge is 2.26. The van der Waals surface area contributed by atoms with Gasteiger partial charge in [0.25, 0.3) is 0 Å². The van der Waals surface area contributed by atoms with Gasteiger partial charge in [0.05, 0.1) is 5.92 Å². The molecule has 0 aromatic carbocycles. The zero-order valence-corrected chi connectivity index (χ0v) is 13.4. The van der Waals surface area contributed by atoms with E-state index in [0.29, 0.717) is 12.2 Å². The monoisotopic (exact) mass is 300 g/mol. The number of hydrogen-bond donors (Lipinski definition) is 1. The molecule has 5 heteroatoms. The van der Waals surface area contributed by atoms with Gasteiger partial charge in [0.15, 0.2) is 0 Å². The first-order valence-electron chi connectivity index (χ1n) is 8.06. The third-order valence-corrected chi connectivity index (χ3v) is 4.13. The van der Waals surface area contributed by atoms with Crippen LogP contribution in [-0.2, 0) is 4.79 Å². The lowest BCUT2D eigenvalue weighted by atomic mass is 9.97. The summed E-state index contributed by atoms with van der Waals surface area (Å²) in [7, 11) is 0. The molecule has 5 nitrogen and oxygen atoms in total. The minimum Gasteiger partial charge on any atom is -0.356 e. The van der Waals surface area contributed by atoms with E-state index in [2.05, 4.69) is 28.2 Å². The van der Waals surface area contributed by atoms with Crippen molar-refractivity contribution in [3.63, 3.8) is 0 Å². The minimum absolute atomic E-state index is 0.0132. The zero-order valence-electron chi connectivity index (χ0n) is 13.4. The Morgan fingerprint density at radius 3 is 3.09 bits per heavy atom. The van der Waals surface area contributed by atoms with Gasteiger partial charge in [-0.2, -0.15) is 5.26 Å². The maximum atomic E-state index is 12.2. The second-order valence-corrected chi connectivity index (χ2v) is 5.88. The first-order chi connectivity index (χ1) is 10.7. The average Bonchev–Trinajstić information content (AvgIpc) is 2.55. The molecule has 1 aliphatic rings. The highest BCUT2D eigenvalue weighted by molar-refractivity contribution is 5.79. The number of carbonyl (C=O) groups is 1. The van der Waals surface area contributed by atoms with Crippen molar-refractivity contribution in [1.82, 2.24) is 10.3 Å². The van der Waals surface area contributed by atoms with Crippen LogP contribution < -0.4 is 10.2 Å².